The maximum absolute atomic E-state index is 5.91. The molecule has 108 valence electrons. The smallest absolute Gasteiger partial charge is 0.135 e. The maximum Gasteiger partial charge on any atom is 0.135 e. The van der Waals surface area contributed by atoms with Gasteiger partial charge in [-0.2, -0.15) is 0 Å². The minimum absolute atomic E-state index is 0.912. The van der Waals surface area contributed by atoms with E-state index in [2.05, 4.69) is 47.4 Å². The molecule has 5 aromatic rings. The topological polar surface area (TPSA) is 26.0 Å². The third-order valence-corrected chi connectivity index (χ3v) is 4.32. The minimum Gasteiger partial charge on any atom is -0.456 e. The van der Waals surface area contributed by atoms with Crippen molar-refractivity contribution >= 4 is 32.7 Å². The molecule has 0 fully saturated rings. The summed E-state index contributed by atoms with van der Waals surface area (Å²) >= 11 is 0. The fraction of sp³-hybridized carbons (Fsp3) is 0. The molecule has 0 unspecified atom stereocenters. The average molecular weight is 295 g/mol. The molecule has 0 aliphatic rings. The van der Waals surface area contributed by atoms with Crippen molar-refractivity contribution in [3.8, 4) is 11.3 Å². The third-order valence-electron chi connectivity index (χ3n) is 4.32. The first kappa shape index (κ1) is 12.4. The van der Waals surface area contributed by atoms with E-state index in [9.17, 15) is 0 Å². The summed E-state index contributed by atoms with van der Waals surface area (Å²) < 4.78 is 5.91. The van der Waals surface area contributed by atoms with Crippen molar-refractivity contribution in [2.24, 2.45) is 0 Å². The maximum atomic E-state index is 5.91. The first-order valence-corrected chi connectivity index (χ1v) is 7.65. The SMILES string of the molecule is c1ccc2c(-c3ccc4oc5ccccc5c4c3)nccc2c1. The quantitative estimate of drug-likeness (QED) is 0.390. The Hall–Kier alpha value is -3.13. The van der Waals surface area contributed by atoms with Crippen LogP contribution < -0.4 is 0 Å². The molecule has 0 saturated carbocycles. The highest BCUT2D eigenvalue weighted by atomic mass is 16.3. The Labute approximate surface area is 133 Å². The Morgan fingerprint density at radius 1 is 0.652 bits per heavy atom. The Bertz CT molecular complexity index is 1160. The minimum atomic E-state index is 0.912. The van der Waals surface area contributed by atoms with E-state index in [1.54, 1.807) is 0 Å². The second kappa shape index (κ2) is 4.68. The highest BCUT2D eigenvalue weighted by Gasteiger charge is 2.10. The molecule has 0 saturated heterocycles. The van der Waals surface area contributed by atoms with Gasteiger partial charge in [-0.3, -0.25) is 4.98 Å². The predicted molar refractivity (Wildman–Crippen MR) is 94.5 cm³/mol. The molecule has 2 aromatic heterocycles. The van der Waals surface area contributed by atoms with Gasteiger partial charge in [0.05, 0.1) is 5.69 Å². The highest BCUT2D eigenvalue weighted by molar-refractivity contribution is 6.07. The van der Waals surface area contributed by atoms with E-state index in [4.69, 9.17) is 4.42 Å². The number of hydrogen-bond acceptors (Lipinski definition) is 2. The Balaban J connectivity index is 1.84. The molecule has 2 heteroatoms. The number of fused-ring (bicyclic) bond motifs is 4. The van der Waals surface area contributed by atoms with Crippen LogP contribution in [0.1, 0.15) is 0 Å². The molecule has 2 nitrogen and oxygen atoms in total. The molecule has 0 aliphatic carbocycles. The fourth-order valence-electron chi connectivity index (χ4n) is 3.22. The molecule has 0 N–H and O–H groups in total. The molecule has 0 aliphatic heterocycles. The summed E-state index contributed by atoms with van der Waals surface area (Å²) in [6.45, 7) is 0. The highest BCUT2D eigenvalue weighted by Crippen LogP contribution is 2.33. The monoisotopic (exact) mass is 295 g/mol. The Morgan fingerprint density at radius 3 is 2.39 bits per heavy atom. The van der Waals surface area contributed by atoms with E-state index in [-0.39, 0.29) is 0 Å². The molecule has 5 rings (SSSR count). The number of para-hydroxylation sites is 1. The summed E-state index contributed by atoms with van der Waals surface area (Å²) in [5.41, 5.74) is 3.96. The van der Waals surface area contributed by atoms with E-state index >= 15 is 0 Å². The molecule has 3 aromatic carbocycles. The van der Waals surface area contributed by atoms with Gasteiger partial charge in [0.1, 0.15) is 11.2 Å². The second-order valence-electron chi connectivity index (χ2n) is 5.69. The number of furan rings is 1. The first-order chi connectivity index (χ1) is 11.4. The van der Waals surface area contributed by atoms with Gasteiger partial charge in [0.25, 0.3) is 0 Å². The number of pyridine rings is 1. The van der Waals surface area contributed by atoms with Crippen molar-refractivity contribution < 1.29 is 4.42 Å². The Kier molecular flexibility index (Phi) is 2.53. The number of benzene rings is 3. The van der Waals surface area contributed by atoms with E-state index in [0.717, 1.165) is 33.2 Å². The average Bonchev–Trinajstić information content (AvgIpc) is 2.99. The molecular formula is C21H13NO. The summed E-state index contributed by atoms with van der Waals surface area (Å²) in [5, 5.41) is 4.65. The van der Waals surface area contributed by atoms with Crippen LogP contribution in [0.2, 0.25) is 0 Å². The standard InChI is InChI=1S/C21H13NO/c1-2-6-16-14(5-1)11-12-22-21(16)15-9-10-20-18(13-15)17-7-3-4-8-19(17)23-20/h1-13H. The zero-order chi connectivity index (χ0) is 15.2. The van der Waals surface area contributed by atoms with Crippen LogP contribution in [-0.4, -0.2) is 4.98 Å². The predicted octanol–water partition coefficient (Wildman–Crippen LogP) is 5.80. The van der Waals surface area contributed by atoms with Crippen LogP contribution in [0.5, 0.6) is 0 Å². The van der Waals surface area contributed by atoms with Gasteiger partial charge in [0.2, 0.25) is 0 Å². The van der Waals surface area contributed by atoms with E-state index in [1.807, 2.05) is 36.5 Å². The lowest BCUT2D eigenvalue weighted by atomic mass is 10.0. The van der Waals surface area contributed by atoms with Crippen LogP contribution in [0.15, 0.2) is 83.4 Å². The fourth-order valence-corrected chi connectivity index (χ4v) is 3.22. The molecule has 0 spiro atoms. The molecular weight excluding hydrogens is 282 g/mol. The first-order valence-electron chi connectivity index (χ1n) is 7.65. The van der Waals surface area contributed by atoms with Crippen molar-refractivity contribution in [1.29, 1.82) is 0 Å². The number of nitrogens with zero attached hydrogens (tertiary/aromatic N) is 1. The van der Waals surface area contributed by atoms with Gasteiger partial charge in [-0.15, -0.1) is 0 Å². The molecule has 0 bridgehead atoms. The van der Waals surface area contributed by atoms with Crippen molar-refractivity contribution in [1.82, 2.24) is 4.98 Å². The van der Waals surface area contributed by atoms with Crippen LogP contribution in [0.3, 0.4) is 0 Å². The van der Waals surface area contributed by atoms with Crippen molar-refractivity contribution in [3.05, 3.63) is 79.0 Å². The molecule has 2 heterocycles. The van der Waals surface area contributed by atoms with Crippen molar-refractivity contribution in [3.63, 3.8) is 0 Å². The lowest BCUT2D eigenvalue weighted by Gasteiger charge is -2.05. The summed E-state index contributed by atoms with van der Waals surface area (Å²) in [7, 11) is 0. The summed E-state index contributed by atoms with van der Waals surface area (Å²) in [6, 6.07) is 24.8. The van der Waals surface area contributed by atoms with Crippen LogP contribution in [-0.2, 0) is 0 Å². The van der Waals surface area contributed by atoms with Gasteiger partial charge in [-0.1, -0.05) is 42.5 Å². The van der Waals surface area contributed by atoms with Gasteiger partial charge in [0.15, 0.2) is 0 Å². The Morgan fingerprint density at radius 2 is 1.43 bits per heavy atom. The van der Waals surface area contributed by atoms with Crippen LogP contribution in [0.25, 0.3) is 44.0 Å². The molecule has 0 radical (unpaired) electrons. The van der Waals surface area contributed by atoms with E-state index in [0.29, 0.717) is 0 Å². The van der Waals surface area contributed by atoms with Crippen LogP contribution in [0, 0.1) is 0 Å². The molecule has 23 heavy (non-hydrogen) atoms. The van der Waals surface area contributed by atoms with Crippen molar-refractivity contribution in [2.75, 3.05) is 0 Å². The van der Waals surface area contributed by atoms with Gasteiger partial charge in [-0.05, 0) is 35.7 Å². The number of rotatable bonds is 1. The second-order valence-corrected chi connectivity index (χ2v) is 5.69. The largest absolute Gasteiger partial charge is 0.456 e. The molecule has 0 atom stereocenters. The molecule has 0 amide bonds. The van der Waals surface area contributed by atoms with E-state index < -0.39 is 0 Å². The van der Waals surface area contributed by atoms with Gasteiger partial charge >= 0.3 is 0 Å². The van der Waals surface area contributed by atoms with Crippen LogP contribution >= 0.6 is 0 Å². The zero-order valence-corrected chi connectivity index (χ0v) is 12.4. The zero-order valence-electron chi connectivity index (χ0n) is 12.4. The lowest BCUT2D eigenvalue weighted by Crippen LogP contribution is -1.85. The van der Waals surface area contributed by atoms with Crippen LogP contribution in [0.4, 0.5) is 0 Å². The third kappa shape index (κ3) is 1.85. The summed E-state index contributed by atoms with van der Waals surface area (Å²) in [4.78, 5) is 4.62. The van der Waals surface area contributed by atoms with Gasteiger partial charge < -0.3 is 4.42 Å². The number of aromatic nitrogens is 1. The lowest BCUT2D eigenvalue weighted by molar-refractivity contribution is 0.669. The van der Waals surface area contributed by atoms with E-state index in [1.165, 1.54) is 10.8 Å². The normalized spacial score (nSPS) is 11.5. The van der Waals surface area contributed by atoms with Crippen molar-refractivity contribution in [2.45, 2.75) is 0 Å². The van der Waals surface area contributed by atoms with Gasteiger partial charge in [0, 0.05) is 27.9 Å². The number of hydrogen-bond donors (Lipinski definition) is 0. The summed E-state index contributed by atoms with van der Waals surface area (Å²) in [5.74, 6) is 0. The summed E-state index contributed by atoms with van der Waals surface area (Å²) in [6.07, 6.45) is 1.87. The van der Waals surface area contributed by atoms with Gasteiger partial charge in [-0.25, -0.2) is 0 Å².